The monoisotopic (exact) mass is 380 g/mol. The Morgan fingerprint density at radius 1 is 1.12 bits per heavy atom. The fourth-order valence-corrected chi connectivity index (χ4v) is 4.93. The van der Waals surface area contributed by atoms with E-state index in [1.807, 2.05) is 0 Å². The van der Waals surface area contributed by atoms with Crippen LogP contribution < -0.4 is 0 Å². The Hall–Kier alpha value is -2.26. The molecule has 1 fully saturated rings. The van der Waals surface area contributed by atoms with Crippen LogP contribution in [0.15, 0.2) is 24.3 Å². The Kier molecular flexibility index (Phi) is 5.10. The number of carboxylic acid groups (broad SMARTS) is 1. The topological polar surface area (TPSA) is 112 Å². The molecule has 2 amide bonds. The number of fused-ring (bicyclic) bond motifs is 1. The van der Waals surface area contributed by atoms with Crippen LogP contribution in [-0.4, -0.2) is 65.9 Å². The Morgan fingerprint density at radius 3 is 2.27 bits per heavy atom. The van der Waals surface area contributed by atoms with Gasteiger partial charge in [0.2, 0.25) is 10.0 Å². The zero-order valence-electron chi connectivity index (χ0n) is 14.1. The van der Waals surface area contributed by atoms with Gasteiger partial charge < -0.3 is 5.11 Å². The van der Waals surface area contributed by atoms with Gasteiger partial charge in [-0.05, 0) is 31.4 Å². The molecule has 1 N–H and O–H groups in total. The number of unbranched alkanes of at least 4 members (excludes halogenated alkanes) is 1. The van der Waals surface area contributed by atoms with Crippen LogP contribution >= 0.6 is 0 Å². The van der Waals surface area contributed by atoms with E-state index in [2.05, 4.69) is 0 Å². The summed E-state index contributed by atoms with van der Waals surface area (Å²) in [4.78, 5) is 36.6. The number of sulfonamides is 1. The molecule has 3 rings (SSSR count). The molecule has 0 radical (unpaired) electrons. The van der Waals surface area contributed by atoms with Crippen LogP contribution in [0.1, 0.15) is 40.0 Å². The number of carboxylic acids is 1. The molecule has 8 nitrogen and oxygen atoms in total. The molecule has 0 aromatic heterocycles. The van der Waals surface area contributed by atoms with Gasteiger partial charge >= 0.3 is 5.97 Å². The zero-order valence-corrected chi connectivity index (χ0v) is 14.9. The van der Waals surface area contributed by atoms with Crippen LogP contribution in [0, 0.1) is 5.92 Å². The second kappa shape index (κ2) is 7.16. The van der Waals surface area contributed by atoms with E-state index >= 15 is 0 Å². The molecule has 1 aromatic carbocycles. The van der Waals surface area contributed by atoms with E-state index in [1.54, 1.807) is 24.3 Å². The highest BCUT2D eigenvalue weighted by Crippen LogP contribution is 2.23. The quantitative estimate of drug-likeness (QED) is 0.553. The summed E-state index contributed by atoms with van der Waals surface area (Å²) in [5.41, 5.74) is 0.754. The minimum absolute atomic E-state index is 0.00999. The van der Waals surface area contributed by atoms with E-state index in [-0.39, 0.29) is 37.2 Å². The minimum Gasteiger partial charge on any atom is -0.481 e. The standard InChI is InChI=1S/C17H20N2O6S/c20-15-13-5-1-2-6-14(13)16(21)19(15)8-3-4-10-26(24,25)18-9-7-12(11-18)17(22)23/h1-2,5-6,12H,3-4,7-11H2,(H,22,23). The maximum absolute atomic E-state index is 12.3. The second-order valence-corrected chi connectivity index (χ2v) is 8.60. The van der Waals surface area contributed by atoms with E-state index in [9.17, 15) is 22.8 Å². The molecule has 9 heteroatoms. The lowest BCUT2D eigenvalue weighted by molar-refractivity contribution is -0.141. The maximum Gasteiger partial charge on any atom is 0.307 e. The summed E-state index contributed by atoms with van der Waals surface area (Å²) >= 11 is 0. The average Bonchev–Trinajstić information content (AvgIpc) is 3.19. The van der Waals surface area contributed by atoms with Crippen LogP contribution in [0.4, 0.5) is 0 Å². The molecular formula is C17H20N2O6S. The minimum atomic E-state index is -3.52. The van der Waals surface area contributed by atoms with Crippen molar-refractivity contribution in [2.75, 3.05) is 25.4 Å². The van der Waals surface area contributed by atoms with Gasteiger partial charge in [-0.25, -0.2) is 12.7 Å². The number of aliphatic carboxylic acids is 1. The van der Waals surface area contributed by atoms with Gasteiger partial charge in [0.05, 0.1) is 22.8 Å². The molecule has 2 aliphatic heterocycles. The molecule has 1 saturated heterocycles. The first-order valence-corrected chi connectivity index (χ1v) is 10.1. The van der Waals surface area contributed by atoms with E-state index in [0.29, 0.717) is 30.4 Å². The lowest BCUT2D eigenvalue weighted by Gasteiger charge is -2.17. The van der Waals surface area contributed by atoms with Gasteiger partial charge in [0, 0.05) is 19.6 Å². The fraction of sp³-hybridized carbons (Fsp3) is 0.471. The van der Waals surface area contributed by atoms with Gasteiger partial charge in [0.1, 0.15) is 0 Å². The molecule has 1 unspecified atom stereocenters. The van der Waals surface area contributed by atoms with E-state index in [0.717, 1.165) is 4.90 Å². The van der Waals surface area contributed by atoms with Crippen molar-refractivity contribution in [2.24, 2.45) is 5.92 Å². The number of carbonyl (C=O) groups excluding carboxylic acids is 2. The average molecular weight is 380 g/mol. The highest BCUT2D eigenvalue weighted by molar-refractivity contribution is 7.89. The summed E-state index contributed by atoms with van der Waals surface area (Å²) in [6.45, 7) is 0.396. The number of imide groups is 1. The second-order valence-electron chi connectivity index (χ2n) is 6.51. The summed E-state index contributed by atoms with van der Waals surface area (Å²) in [6, 6.07) is 6.60. The third kappa shape index (κ3) is 3.49. The summed E-state index contributed by atoms with van der Waals surface area (Å²) in [5.74, 6) is -2.45. The third-order valence-corrected chi connectivity index (χ3v) is 6.73. The van der Waals surface area contributed by atoms with Gasteiger partial charge in [0.15, 0.2) is 0 Å². The zero-order chi connectivity index (χ0) is 18.9. The molecule has 1 atom stereocenters. The lowest BCUT2D eigenvalue weighted by atomic mass is 10.1. The van der Waals surface area contributed by atoms with Crippen LogP contribution in [0.25, 0.3) is 0 Å². The SMILES string of the molecule is O=C(O)C1CCN(S(=O)(=O)CCCCN2C(=O)c3ccccc3C2=O)C1. The number of rotatable bonds is 7. The Morgan fingerprint density at radius 2 is 1.73 bits per heavy atom. The van der Waals surface area contributed by atoms with Crippen molar-refractivity contribution in [3.05, 3.63) is 35.4 Å². The molecule has 0 aliphatic carbocycles. The molecule has 0 spiro atoms. The normalized spacial score (nSPS) is 20.6. The van der Waals surface area contributed by atoms with Crippen molar-refractivity contribution in [1.82, 2.24) is 9.21 Å². The van der Waals surface area contributed by atoms with Gasteiger partial charge in [0.25, 0.3) is 11.8 Å². The van der Waals surface area contributed by atoms with E-state index < -0.39 is 21.9 Å². The van der Waals surface area contributed by atoms with Crippen molar-refractivity contribution >= 4 is 27.8 Å². The number of nitrogens with zero attached hydrogens (tertiary/aromatic N) is 2. The van der Waals surface area contributed by atoms with Crippen LogP contribution in [0.2, 0.25) is 0 Å². The van der Waals surface area contributed by atoms with Crippen molar-refractivity contribution in [3.8, 4) is 0 Å². The predicted molar refractivity (Wildman–Crippen MR) is 92.1 cm³/mol. The van der Waals surface area contributed by atoms with Crippen molar-refractivity contribution in [1.29, 1.82) is 0 Å². The first-order valence-electron chi connectivity index (χ1n) is 8.47. The van der Waals surface area contributed by atoms with Gasteiger partial charge in [-0.2, -0.15) is 0 Å². The summed E-state index contributed by atoms with van der Waals surface area (Å²) in [5, 5.41) is 8.97. The van der Waals surface area contributed by atoms with Crippen LogP contribution in [-0.2, 0) is 14.8 Å². The Balaban J connectivity index is 1.50. The highest BCUT2D eigenvalue weighted by atomic mass is 32.2. The molecule has 26 heavy (non-hydrogen) atoms. The molecule has 0 saturated carbocycles. The predicted octanol–water partition coefficient (Wildman–Crippen LogP) is 0.799. The van der Waals surface area contributed by atoms with E-state index in [4.69, 9.17) is 5.11 Å². The van der Waals surface area contributed by atoms with Crippen LogP contribution in [0.5, 0.6) is 0 Å². The first kappa shape index (κ1) is 18.5. The molecule has 2 aliphatic rings. The summed E-state index contributed by atoms with van der Waals surface area (Å²) < 4.78 is 25.8. The lowest BCUT2D eigenvalue weighted by Crippen LogP contribution is -2.33. The number of carbonyl (C=O) groups is 3. The van der Waals surface area contributed by atoms with E-state index in [1.165, 1.54) is 4.31 Å². The molecular weight excluding hydrogens is 360 g/mol. The number of hydrogen-bond acceptors (Lipinski definition) is 5. The number of amides is 2. The molecule has 1 aromatic rings. The van der Waals surface area contributed by atoms with Crippen molar-refractivity contribution in [3.63, 3.8) is 0 Å². The van der Waals surface area contributed by atoms with Crippen molar-refractivity contribution in [2.45, 2.75) is 19.3 Å². The first-order chi connectivity index (χ1) is 12.3. The summed E-state index contributed by atoms with van der Waals surface area (Å²) in [7, 11) is -3.52. The number of benzene rings is 1. The fourth-order valence-electron chi connectivity index (χ4n) is 3.31. The molecule has 0 bridgehead atoms. The maximum atomic E-state index is 12.3. The van der Waals surface area contributed by atoms with Gasteiger partial charge in [-0.15, -0.1) is 0 Å². The molecule has 140 valence electrons. The van der Waals surface area contributed by atoms with Gasteiger partial charge in [-0.3, -0.25) is 19.3 Å². The highest BCUT2D eigenvalue weighted by Gasteiger charge is 2.36. The Bertz CT molecular complexity index is 816. The third-order valence-electron chi connectivity index (χ3n) is 4.81. The van der Waals surface area contributed by atoms with Crippen LogP contribution in [0.3, 0.4) is 0 Å². The van der Waals surface area contributed by atoms with Crippen molar-refractivity contribution < 1.29 is 27.9 Å². The largest absolute Gasteiger partial charge is 0.481 e. The van der Waals surface area contributed by atoms with Gasteiger partial charge in [-0.1, -0.05) is 12.1 Å². The molecule has 2 heterocycles. The number of hydrogen-bond donors (Lipinski definition) is 1. The summed E-state index contributed by atoms with van der Waals surface area (Å²) in [6.07, 6.45) is 0.995. The smallest absolute Gasteiger partial charge is 0.307 e. The Labute approximate surface area is 151 Å².